The van der Waals surface area contributed by atoms with Crippen LogP contribution in [0.2, 0.25) is 0 Å². The summed E-state index contributed by atoms with van der Waals surface area (Å²) < 4.78 is 25.9. The van der Waals surface area contributed by atoms with Crippen LogP contribution in [0.3, 0.4) is 0 Å². The van der Waals surface area contributed by atoms with Crippen molar-refractivity contribution in [2.24, 2.45) is 0 Å². The van der Waals surface area contributed by atoms with E-state index >= 15 is 0 Å². The molecule has 0 aliphatic rings. The second-order valence-corrected chi connectivity index (χ2v) is 3.52. The van der Waals surface area contributed by atoms with Gasteiger partial charge in [0.25, 0.3) is 0 Å². The molecule has 0 nitrogen and oxygen atoms in total. The quantitative estimate of drug-likeness (QED) is 0.499. The third-order valence-corrected chi connectivity index (χ3v) is 2.28. The van der Waals surface area contributed by atoms with Crippen LogP contribution in [0.4, 0.5) is 8.78 Å². The van der Waals surface area contributed by atoms with Gasteiger partial charge in [0.2, 0.25) is 0 Å². The predicted molar refractivity (Wildman–Crippen MR) is 48.1 cm³/mol. The van der Waals surface area contributed by atoms with Crippen LogP contribution in [0, 0.1) is 11.6 Å². The molecule has 0 bridgehead atoms. The number of benzene rings is 1. The van der Waals surface area contributed by atoms with E-state index in [4.69, 9.17) is 7.85 Å². The number of rotatable bonds is 2. The zero-order valence-corrected chi connectivity index (χ0v) is 7.42. The first kappa shape index (κ1) is 9.58. The Kier molecular flexibility index (Phi) is 3.15. The van der Waals surface area contributed by atoms with E-state index in [2.05, 4.69) is 0 Å². The molecule has 4 heteroatoms. The second kappa shape index (κ2) is 3.94. The van der Waals surface area contributed by atoms with Crippen molar-refractivity contribution in [1.82, 2.24) is 0 Å². The van der Waals surface area contributed by atoms with Crippen LogP contribution >= 0.6 is 11.8 Å². The molecule has 3 radical (unpaired) electrons. The fraction of sp³-hybridized carbons (Fsp3) is 0.250. The fourth-order valence-electron chi connectivity index (χ4n) is 0.862. The maximum atomic E-state index is 13.0. The Labute approximate surface area is 75.8 Å². The van der Waals surface area contributed by atoms with Gasteiger partial charge >= 0.3 is 0 Å². The number of thioether (sulfide) groups is 1. The fourth-order valence-corrected chi connectivity index (χ4v) is 1.54. The molecule has 1 rings (SSSR count). The average Bonchev–Trinajstić information content (AvgIpc) is 1.96. The second-order valence-electron chi connectivity index (χ2n) is 2.25. The number of hydrogen-bond acceptors (Lipinski definition) is 1. The Bertz CT molecular complexity index is 265. The summed E-state index contributed by atoms with van der Waals surface area (Å²) in [5.41, 5.74) is 0.116. The molecule has 0 heterocycles. The lowest BCUT2D eigenvalue weighted by atomic mass is 9.96. The highest BCUT2D eigenvalue weighted by atomic mass is 32.2. The highest BCUT2D eigenvalue weighted by molar-refractivity contribution is 7.99. The molecule has 12 heavy (non-hydrogen) atoms. The SMILES string of the molecule is [B-]c1cc(F)c(SCC)c(F)c1. The Balaban J connectivity index is 3.10. The van der Waals surface area contributed by atoms with Gasteiger partial charge in [-0.25, -0.2) is 8.78 Å². The Morgan fingerprint density at radius 2 is 1.83 bits per heavy atom. The zero-order valence-electron chi connectivity index (χ0n) is 6.60. The van der Waals surface area contributed by atoms with Gasteiger partial charge in [-0.2, -0.15) is 0 Å². The monoisotopic (exact) mass is 184 g/mol. The molecule has 0 spiro atoms. The van der Waals surface area contributed by atoms with E-state index in [-0.39, 0.29) is 10.4 Å². The van der Waals surface area contributed by atoms with Crippen molar-refractivity contribution >= 4 is 25.1 Å². The first-order valence-corrected chi connectivity index (χ1v) is 4.51. The molecular formula is C8H7BF2S-. The highest BCUT2D eigenvalue weighted by Gasteiger charge is 2.06. The van der Waals surface area contributed by atoms with Crippen LogP contribution in [-0.4, -0.2) is 13.6 Å². The minimum Gasteiger partial charge on any atom is -0.580 e. The van der Waals surface area contributed by atoms with Gasteiger partial charge in [-0.1, -0.05) is 19.1 Å². The molecule has 0 saturated heterocycles. The molecule has 0 aromatic heterocycles. The van der Waals surface area contributed by atoms with E-state index in [1.807, 2.05) is 6.92 Å². The van der Waals surface area contributed by atoms with Crippen LogP contribution in [0.25, 0.3) is 0 Å². The molecule has 0 fully saturated rings. The lowest BCUT2D eigenvalue weighted by Gasteiger charge is -2.10. The van der Waals surface area contributed by atoms with Gasteiger partial charge in [0.15, 0.2) is 0 Å². The Hall–Kier alpha value is -0.505. The van der Waals surface area contributed by atoms with Crippen molar-refractivity contribution in [3.05, 3.63) is 23.8 Å². The van der Waals surface area contributed by atoms with Gasteiger partial charge in [-0.3, -0.25) is 0 Å². The van der Waals surface area contributed by atoms with Gasteiger partial charge in [0.1, 0.15) is 11.6 Å². The molecule has 0 aliphatic heterocycles. The van der Waals surface area contributed by atoms with Crippen LogP contribution in [0.15, 0.2) is 17.0 Å². The summed E-state index contributed by atoms with van der Waals surface area (Å²) in [4.78, 5) is 0.0479. The topological polar surface area (TPSA) is 0 Å². The van der Waals surface area contributed by atoms with E-state index < -0.39 is 11.6 Å². The molecule has 0 aliphatic carbocycles. The molecule has 0 N–H and O–H groups in total. The summed E-state index contributed by atoms with van der Waals surface area (Å²) in [6.45, 7) is 1.83. The minimum atomic E-state index is -0.584. The summed E-state index contributed by atoms with van der Waals surface area (Å²) in [6.07, 6.45) is 0. The summed E-state index contributed by atoms with van der Waals surface area (Å²) in [5.74, 6) is -0.531. The molecule has 63 valence electrons. The molecule has 1 aromatic carbocycles. The van der Waals surface area contributed by atoms with E-state index in [1.54, 1.807) is 0 Å². The zero-order chi connectivity index (χ0) is 9.14. The van der Waals surface area contributed by atoms with Gasteiger partial charge in [0, 0.05) is 0 Å². The van der Waals surface area contributed by atoms with Gasteiger partial charge in [-0.05, 0) is 5.75 Å². The number of halogens is 2. The smallest absolute Gasteiger partial charge is 0.136 e. The summed E-state index contributed by atoms with van der Waals surface area (Å²) in [6, 6.07) is 2.25. The van der Waals surface area contributed by atoms with Crippen molar-refractivity contribution in [1.29, 1.82) is 0 Å². The Morgan fingerprint density at radius 3 is 2.25 bits per heavy atom. The first-order chi connectivity index (χ1) is 5.65. The van der Waals surface area contributed by atoms with Crippen molar-refractivity contribution in [2.45, 2.75) is 11.8 Å². The summed E-state index contributed by atoms with van der Waals surface area (Å²) in [5, 5.41) is 0. The molecule has 1 aromatic rings. The largest absolute Gasteiger partial charge is 0.580 e. The number of hydrogen-bond donors (Lipinski definition) is 0. The van der Waals surface area contributed by atoms with Gasteiger partial charge in [0.05, 0.1) is 4.90 Å². The lowest BCUT2D eigenvalue weighted by molar-refractivity contribution is 0.542. The molecule has 0 unspecified atom stereocenters. The standard InChI is InChI=1S/C8H7BF2S/c1-2-12-8-6(10)3-5(9)4-7(8)11/h3-4H,2H2,1H3/q-1. The van der Waals surface area contributed by atoms with E-state index in [0.29, 0.717) is 5.75 Å². The third kappa shape index (κ3) is 2.00. The Morgan fingerprint density at radius 1 is 1.33 bits per heavy atom. The van der Waals surface area contributed by atoms with Crippen LogP contribution in [0.5, 0.6) is 0 Å². The van der Waals surface area contributed by atoms with Crippen LogP contribution in [-0.2, 0) is 0 Å². The highest BCUT2D eigenvalue weighted by Crippen LogP contribution is 2.23. The molecule has 0 amide bonds. The summed E-state index contributed by atoms with van der Waals surface area (Å²) >= 11 is 1.13. The van der Waals surface area contributed by atoms with E-state index in [0.717, 1.165) is 23.9 Å². The third-order valence-electron chi connectivity index (χ3n) is 1.31. The van der Waals surface area contributed by atoms with Crippen LogP contribution in [0.1, 0.15) is 6.92 Å². The van der Waals surface area contributed by atoms with Crippen molar-refractivity contribution in [2.75, 3.05) is 5.75 Å². The maximum Gasteiger partial charge on any atom is 0.136 e. The maximum absolute atomic E-state index is 13.0. The normalized spacial score (nSPS) is 10.3. The lowest BCUT2D eigenvalue weighted by Crippen LogP contribution is -2.05. The van der Waals surface area contributed by atoms with E-state index in [9.17, 15) is 8.78 Å². The summed E-state index contributed by atoms with van der Waals surface area (Å²) in [7, 11) is 5.24. The van der Waals surface area contributed by atoms with Crippen molar-refractivity contribution < 1.29 is 8.78 Å². The molecule has 0 atom stereocenters. The predicted octanol–water partition coefficient (Wildman–Crippen LogP) is 1.87. The minimum absolute atomic E-state index is 0.0479. The first-order valence-electron chi connectivity index (χ1n) is 3.52. The van der Waals surface area contributed by atoms with Gasteiger partial charge < -0.3 is 13.3 Å². The van der Waals surface area contributed by atoms with Crippen LogP contribution < -0.4 is 5.46 Å². The molecule has 0 saturated carbocycles. The van der Waals surface area contributed by atoms with Crippen molar-refractivity contribution in [3.63, 3.8) is 0 Å². The average molecular weight is 184 g/mol. The van der Waals surface area contributed by atoms with Gasteiger partial charge in [-0.15, -0.1) is 11.8 Å². The molecular weight excluding hydrogens is 177 g/mol. The van der Waals surface area contributed by atoms with Crippen molar-refractivity contribution in [3.8, 4) is 0 Å². The van der Waals surface area contributed by atoms with E-state index in [1.165, 1.54) is 0 Å².